The van der Waals surface area contributed by atoms with E-state index in [2.05, 4.69) is 24.5 Å². The molecule has 4 saturated carbocycles. The number of benzene rings is 1. The molecule has 2 heterocycles. The van der Waals surface area contributed by atoms with Gasteiger partial charge in [0.1, 0.15) is 12.1 Å². The van der Waals surface area contributed by atoms with Crippen molar-refractivity contribution in [3.8, 4) is 0 Å². The number of hydrogen-bond acceptors (Lipinski definition) is 6. The lowest BCUT2D eigenvalue weighted by Gasteiger charge is -2.64. The molecule has 12 heteroatoms. The number of rotatable bonds is 12. The fourth-order valence-electron chi connectivity index (χ4n) is 8.29. The van der Waals surface area contributed by atoms with E-state index in [-0.39, 0.29) is 54.1 Å². The molecule has 7 rings (SSSR count). The zero-order chi connectivity index (χ0) is 33.0. The van der Waals surface area contributed by atoms with Crippen molar-refractivity contribution in [1.29, 1.82) is 0 Å². The summed E-state index contributed by atoms with van der Waals surface area (Å²) in [6.07, 6.45) is -0.446. The minimum Gasteiger partial charge on any atom is -0.404 e. The van der Waals surface area contributed by atoms with Crippen LogP contribution in [0, 0.1) is 29.1 Å². The third kappa shape index (κ3) is 6.46. The maximum Gasteiger partial charge on any atom is 0.481 e. The maximum absolute atomic E-state index is 14.0. The van der Waals surface area contributed by atoms with E-state index in [0.717, 1.165) is 31.2 Å². The van der Waals surface area contributed by atoms with Gasteiger partial charge in [0.25, 0.3) is 0 Å². The number of nitrogens with one attached hydrogen (secondary N) is 2. The van der Waals surface area contributed by atoms with E-state index in [1.807, 2.05) is 51.1 Å². The SMILES string of the molecule is CC(C)[C@@H](NC(=O)C1CC1)C(=O)N1C[C@@H](OCc2ccccc2)C[C@@H]1C(=O)NC(CC(F)F)B1OC2C[C@H]3C[C@H](C3(C)C)[C@]2(C)O1. The highest BCUT2D eigenvalue weighted by molar-refractivity contribution is 6.48. The molecule has 252 valence electrons. The molecule has 9 nitrogen and oxygen atoms in total. The van der Waals surface area contributed by atoms with Crippen LogP contribution < -0.4 is 10.6 Å². The van der Waals surface area contributed by atoms with Crippen molar-refractivity contribution >= 4 is 24.8 Å². The predicted molar refractivity (Wildman–Crippen MR) is 167 cm³/mol. The molecule has 2 aliphatic heterocycles. The summed E-state index contributed by atoms with van der Waals surface area (Å²) in [6.45, 7) is 10.6. The Kier molecular flexibility index (Phi) is 9.28. The van der Waals surface area contributed by atoms with Gasteiger partial charge >= 0.3 is 7.12 Å². The number of halogens is 2. The molecule has 2 unspecified atom stereocenters. The molecule has 0 aromatic heterocycles. The summed E-state index contributed by atoms with van der Waals surface area (Å²) >= 11 is 0. The Morgan fingerprint density at radius 2 is 1.76 bits per heavy atom. The van der Waals surface area contributed by atoms with Crippen LogP contribution in [0.1, 0.15) is 78.7 Å². The summed E-state index contributed by atoms with van der Waals surface area (Å²) < 4.78 is 46.9. The van der Waals surface area contributed by atoms with E-state index in [4.69, 9.17) is 14.0 Å². The normalized spacial score (nSPS) is 32.6. The molecule has 2 N–H and O–H groups in total. The minimum atomic E-state index is -2.70. The summed E-state index contributed by atoms with van der Waals surface area (Å²) in [6, 6.07) is 7.80. The van der Waals surface area contributed by atoms with Crippen LogP contribution in [0.2, 0.25) is 0 Å². The van der Waals surface area contributed by atoms with Gasteiger partial charge in [-0.3, -0.25) is 14.4 Å². The van der Waals surface area contributed by atoms with Crippen LogP contribution in [0.25, 0.3) is 0 Å². The highest BCUT2D eigenvalue weighted by atomic mass is 19.3. The number of ether oxygens (including phenoxy) is 1. The lowest BCUT2D eigenvalue weighted by Crippen LogP contribution is -2.65. The Labute approximate surface area is 271 Å². The molecule has 4 aliphatic carbocycles. The molecule has 1 aromatic carbocycles. The van der Waals surface area contributed by atoms with Crippen molar-refractivity contribution in [2.45, 2.75) is 122 Å². The van der Waals surface area contributed by atoms with Gasteiger partial charge in [0.2, 0.25) is 24.1 Å². The van der Waals surface area contributed by atoms with Crippen LogP contribution in [-0.2, 0) is 35.0 Å². The van der Waals surface area contributed by atoms with Crippen molar-refractivity contribution in [1.82, 2.24) is 15.5 Å². The molecule has 6 fully saturated rings. The van der Waals surface area contributed by atoms with Gasteiger partial charge in [0.05, 0.1) is 30.4 Å². The summed E-state index contributed by atoms with van der Waals surface area (Å²) in [7, 11) is -1.03. The van der Waals surface area contributed by atoms with Gasteiger partial charge < -0.3 is 29.6 Å². The molecule has 2 saturated heterocycles. The Morgan fingerprint density at radius 3 is 2.39 bits per heavy atom. The van der Waals surface area contributed by atoms with Crippen molar-refractivity contribution in [3.05, 3.63) is 35.9 Å². The highest BCUT2D eigenvalue weighted by Crippen LogP contribution is 2.65. The molecular formula is C34H48BF2N3O6. The van der Waals surface area contributed by atoms with E-state index < -0.39 is 55.6 Å². The largest absolute Gasteiger partial charge is 0.481 e. The highest BCUT2D eigenvalue weighted by Gasteiger charge is 2.68. The quantitative estimate of drug-likeness (QED) is 0.332. The second kappa shape index (κ2) is 12.8. The number of nitrogens with zero attached hydrogens (tertiary/aromatic N) is 1. The number of alkyl halides is 2. The fraction of sp³-hybridized carbons (Fsp3) is 0.735. The zero-order valence-electron chi connectivity index (χ0n) is 27.5. The number of amides is 3. The number of likely N-dealkylation sites (tertiary alicyclic amines) is 1. The summed E-state index contributed by atoms with van der Waals surface area (Å²) in [5.74, 6) is -1.79. The third-order valence-corrected chi connectivity index (χ3v) is 11.4. The van der Waals surface area contributed by atoms with Gasteiger partial charge in [0, 0.05) is 25.3 Å². The molecule has 3 amide bonds. The van der Waals surface area contributed by atoms with Crippen molar-refractivity contribution < 1.29 is 37.2 Å². The van der Waals surface area contributed by atoms with Crippen LogP contribution in [0.3, 0.4) is 0 Å². The smallest absolute Gasteiger partial charge is 0.404 e. The van der Waals surface area contributed by atoms with Gasteiger partial charge in [0.15, 0.2) is 0 Å². The van der Waals surface area contributed by atoms with E-state index in [9.17, 15) is 23.2 Å². The molecule has 0 spiro atoms. The Hall–Kier alpha value is -2.57. The lowest BCUT2D eigenvalue weighted by molar-refractivity contribution is -0.199. The van der Waals surface area contributed by atoms with Crippen LogP contribution in [0.4, 0.5) is 8.78 Å². The minimum absolute atomic E-state index is 0.0757. The molecule has 2 bridgehead atoms. The monoisotopic (exact) mass is 643 g/mol. The fourth-order valence-corrected chi connectivity index (χ4v) is 8.29. The first-order valence-corrected chi connectivity index (χ1v) is 17.0. The molecule has 1 aromatic rings. The lowest BCUT2D eigenvalue weighted by atomic mass is 9.43. The molecule has 8 atom stereocenters. The van der Waals surface area contributed by atoms with Gasteiger partial charge in [-0.25, -0.2) is 8.78 Å². The molecule has 46 heavy (non-hydrogen) atoms. The van der Waals surface area contributed by atoms with Crippen LogP contribution in [0.5, 0.6) is 0 Å². The second-order valence-electron chi connectivity index (χ2n) is 15.2. The first kappa shape index (κ1) is 33.3. The zero-order valence-corrected chi connectivity index (χ0v) is 27.5. The average Bonchev–Trinajstić information content (AvgIpc) is 3.67. The molecular weight excluding hydrogens is 595 g/mol. The summed E-state index contributed by atoms with van der Waals surface area (Å²) in [5.41, 5.74) is 0.407. The topological polar surface area (TPSA) is 106 Å². The maximum atomic E-state index is 14.0. The predicted octanol–water partition coefficient (Wildman–Crippen LogP) is 4.13. The van der Waals surface area contributed by atoms with Crippen LogP contribution in [-0.4, -0.2) is 78.5 Å². The van der Waals surface area contributed by atoms with E-state index in [1.165, 1.54) is 4.90 Å². The van der Waals surface area contributed by atoms with Gasteiger partial charge in [-0.1, -0.05) is 58.0 Å². The number of hydrogen-bond donors (Lipinski definition) is 2. The first-order valence-electron chi connectivity index (χ1n) is 17.0. The summed E-state index contributed by atoms with van der Waals surface area (Å²) in [5, 5.41) is 5.72. The first-order chi connectivity index (χ1) is 21.8. The number of carbonyl (C=O) groups excluding carboxylic acids is 3. The van der Waals surface area contributed by atoms with Crippen molar-refractivity contribution in [2.24, 2.45) is 29.1 Å². The number of carbonyl (C=O) groups is 3. The third-order valence-electron chi connectivity index (χ3n) is 11.4. The average molecular weight is 644 g/mol. The Balaban J connectivity index is 1.19. The second-order valence-corrected chi connectivity index (χ2v) is 15.2. The van der Waals surface area contributed by atoms with Gasteiger partial charge in [-0.2, -0.15) is 0 Å². The molecule has 0 radical (unpaired) electrons. The van der Waals surface area contributed by atoms with E-state index in [1.54, 1.807) is 0 Å². The summed E-state index contributed by atoms with van der Waals surface area (Å²) in [4.78, 5) is 42.2. The van der Waals surface area contributed by atoms with Crippen molar-refractivity contribution in [2.75, 3.05) is 6.54 Å². The van der Waals surface area contributed by atoms with Gasteiger partial charge in [-0.05, 0) is 61.3 Å². The van der Waals surface area contributed by atoms with Gasteiger partial charge in [-0.15, -0.1) is 0 Å². The standard InChI is InChI=1S/C34H48BF2N3O6/c1-19(2)29(39-30(41)21-11-12-21)32(43)40-17-23(44-18-20-9-7-6-8-10-20)15-24(40)31(42)38-27(16-28(36)37)35-45-26-14-22-13-25(33(22,3)4)34(26,5)46-35/h6-10,19,21-29H,11-18H2,1-5H3,(H,38,42)(H,39,41)/t22-,23+,24-,25-,26?,27?,29-,34+/m1/s1. The van der Waals surface area contributed by atoms with Crippen LogP contribution >= 0.6 is 0 Å². The Bertz CT molecular complexity index is 1300. The Morgan fingerprint density at radius 1 is 1.04 bits per heavy atom. The van der Waals surface area contributed by atoms with E-state index >= 15 is 0 Å². The van der Waals surface area contributed by atoms with E-state index in [0.29, 0.717) is 12.5 Å². The van der Waals surface area contributed by atoms with Crippen molar-refractivity contribution in [3.63, 3.8) is 0 Å². The molecule has 6 aliphatic rings. The van der Waals surface area contributed by atoms with Crippen LogP contribution in [0.15, 0.2) is 30.3 Å².